The summed E-state index contributed by atoms with van der Waals surface area (Å²) in [5.41, 5.74) is 3.51. The molecule has 3 aliphatic rings. The minimum Gasteiger partial charge on any atom is -0.462 e. The third-order valence-corrected chi connectivity index (χ3v) is 6.10. The van der Waals surface area contributed by atoms with E-state index < -0.39 is 0 Å². The second kappa shape index (κ2) is 5.99. The molecule has 2 fully saturated rings. The van der Waals surface area contributed by atoms with E-state index in [0.29, 0.717) is 11.8 Å². The molecule has 1 aliphatic heterocycles. The van der Waals surface area contributed by atoms with E-state index in [-0.39, 0.29) is 23.4 Å². The van der Waals surface area contributed by atoms with E-state index in [1.165, 1.54) is 19.3 Å². The van der Waals surface area contributed by atoms with Crippen LogP contribution < -0.4 is 5.32 Å². The zero-order valence-corrected chi connectivity index (χ0v) is 14.6. The van der Waals surface area contributed by atoms with E-state index in [0.717, 1.165) is 25.9 Å². The minimum atomic E-state index is 0.0340. The highest BCUT2D eigenvalue weighted by Crippen LogP contribution is 2.54. The summed E-state index contributed by atoms with van der Waals surface area (Å²) in [4.78, 5) is 12.3. The van der Waals surface area contributed by atoms with Gasteiger partial charge in [0.05, 0.1) is 5.92 Å². The van der Waals surface area contributed by atoms with Gasteiger partial charge in [-0.3, -0.25) is 4.79 Å². The smallest absolute Gasteiger partial charge is 0.310 e. The lowest BCUT2D eigenvalue weighted by Gasteiger charge is -2.45. The van der Waals surface area contributed by atoms with Gasteiger partial charge in [-0.2, -0.15) is 0 Å². The summed E-state index contributed by atoms with van der Waals surface area (Å²) in [5, 5.41) is 3.47. The quantitative estimate of drug-likeness (QED) is 0.636. The van der Waals surface area contributed by atoms with Gasteiger partial charge in [-0.05, 0) is 56.9 Å². The first-order valence-corrected chi connectivity index (χ1v) is 9.01. The van der Waals surface area contributed by atoms with Gasteiger partial charge in [0.1, 0.15) is 6.10 Å². The zero-order valence-electron chi connectivity index (χ0n) is 14.6. The molecule has 4 unspecified atom stereocenters. The molecule has 0 aromatic heterocycles. The number of carbonyl (C=O) groups excluding carboxylic acids is 1. The highest BCUT2D eigenvalue weighted by Gasteiger charge is 2.52. The Labute approximate surface area is 134 Å². The first kappa shape index (κ1) is 16.0. The summed E-state index contributed by atoms with van der Waals surface area (Å²) in [7, 11) is 0. The van der Waals surface area contributed by atoms with Crippen LogP contribution in [0.4, 0.5) is 0 Å². The molecule has 3 nitrogen and oxygen atoms in total. The molecule has 3 heteroatoms. The van der Waals surface area contributed by atoms with Crippen molar-refractivity contribution in [2.75, 3.05) is 13.1 Å². The summed E-state index contributed by atoms with van der Waals surface area (Å²) in [6.45, 7) is 10.8. The van der Waals surface area contributed by atoms with Crippen molar-refractivity contribution in [2.24, 2.45) is 23.2 Å². The molecule has 2 aliphatic carbocycles. The van der Waals surface area contributed by atoms with Gasteiger partial charge in [-0.15, -0.1) is 0 Å². The van der Waals surface area contributed by atoms with E-state index >= 15 is 0 Å². The Morgan fingerprint density at radius 1 is 1.41 bits per heavy atom. The number of fused-ring (bicyclic) bond motifs is 2. The molecule has 4 atom stereocenters. The van der Waals surface area contributed by atoms with Crippen molar-refractivity contribution in [3.63, 3.8) is 0 Å². The summed E-state index contributed by atoms with van der Waals surface area (Å²) in [6, 6.07) is 0. The van der Waals surface area contributed by atoms with Crippen LogP contribution in [0.1, 0.15) is 59.8 Å². The molecule has 22 heavy (non-hydrogen) atoms. The van der Waals surface area contributed by atoms with Crippen LogP contribution >= 0.6 is 0 Å². The fourth-order valence-corrected chi connectivity index (χ4v) is 4.87. The van der Waals surface area contributed by atoms with E-state index in [2.05, 4.69) is 33.0 Å². The average Bonchev–Trinajstić information content (AvgIpc) is 2.71. The van der Waals surface area contributed by atoms with Crippen molar-refractivity contribution in [3.8, 4) is 0 Å². The number of allylic oxidation sites excluding steroid dienone is 2. The van der Waals surface area contributed by atoms with Crippen LogP contribution in [0, 0.1) is 23.2 Å². The summed E-state index contributed by atoms with van der Waals surface area (Å²) >= 11 is 0. The first-order chi connectivity index (χ1) is 10.4. The number of hydrogen-bond acceptors (Lipinski definition) is 3. The number of nitrogens with one attached hydrogen (secondary N) is 1. The molecule has 0 spiro atoms. The minimum absolute atomic E-state index is 0.0340. The number of rotatable bonds is 4. The van der Waals surface area contributed by atoms with Gasteiger partial charge >= 0.3 is 5.97 Å². The highest BCUT2D eigenvalue weighted by atomic mass is 16.6. The molecule has 0 radical (unpaired) electrons. The van der Waals surface area contributed by atoms with Gasteiger partial charge in [-0.25, -0.2) is 0 Å². The van der Waals surface area contributed by atoms with Crippen LogP contribution in [-0.2, 0) is 9.53 Å². The van der Waals surface area contributed by atoms with Crippen molar-refractivity contribution < 1.29 is 9.53 Å². The Morgan fingerprint density at radius 3 is 2.91 bits per heavy atom. The van der Waals surface area contributed by atoms with E-state index in [4.69, 9.17) is 4.74 Å². The van der Waals surface area contributed by atoms with Gasteiger partial charge in [0.15, 0.2) is 0 Å². The van der Waals surface area contributed by atoms with Crippen molar-refractivity contribution in [2.45, 2.75) is 65.9 Å². The number of carbonyl (C=O) groups is 1. The second-order valence-electron chi connectivity index (χ2n) is 8.38. The maximum Gasteiger partial charge on any atom is 0.310 e. The Hall–Kier alpha value is -0.830. The Morgan fingerprint density at radius 2 is 2.18 bits per heavy atom. The van der Waals surface area contributed by atoms with Crippen LogP contribution in [0.3, 0.4) is 0 Å². The number of esters is 1. The van der Waals surface area contributed by atoms with Crippen molar-refractivity contribution in [3.05, 3.63) is 11.1 Å². The fourth-order valence-electron chi connectivity index (χ4n) is 4.87. The molecular weight excluding hydrogens is 274 g/mol. The van der Waals surface area contributed by atoms with Gasteiger partial charge in [-0.1, -0.05) is 31.9 Å². The van der Waals surface area contributed by atoms with Crippen LogP contribution in [0.15, 0.2) is 11.1 Å². The normalized spacial score (nSPS) is 38.0. The maximum absolute atomic E-state index is 12.3. The Balaban J connectivity index is 1.74. The first-order valence-electron chi connectivity index (χ1n) is 9.01. The summed E-state index contributed by atoms with van der Waals surface area (Å²) in [6.07, 6.45) is 6.06. The molecule has 0 aromatic carbocycles. The van der Waals surface area contributed by atoms with Gasteiger partial charge in [0.25, 0.3) is 0 Å². The van der Waals surface area contributed by atoms with E-state index in [9.17, 15) is 4.79 Å². The topological polar surface area (TPSA) is 38.3 Å². The SMILES string of the molecule is CC1=C2CC3C(CC2(C)CCC1)OC(=O)C3CNCC(C)C. The second-order valence-corrected chi connectivity index (χ2v) is 8.38. The van der Waals surface area contributed by atoms with Crippen LogP contribution in [0.2, 0.25) is 0 Å². The molecule has 0 amide bonds. The monoisotopic (exact) mass is 305 g/mol. The molecule has 1 heterocycles. The number of ether oxygens (including phenoxy) is 1. The molecule has 1 saturated heterocycles. The van der Waals surface area contributed by atoms with Crippen molar-refractivity contribution in [1.29, 1.82) is 0 Å². The molecule has 1 N–H and O–H groups in total. The Kier molecular flexibility index (Phi) is 4.37. The average molecular weight is 305 g/mol. The summed E-state index contributed by atoms with van der Waals surface area (Å²) in [5.74, 6) is 1.09. The molecular formula is C19H31NO2. The number of hydrogen-bond donors (Lipinski definition) is 1. The Bertz CT molecular complexity index is 482. The third kappa shape index (κ3) is 2.84. The van der Waals surface area contributed by atoms with Gasteiger partial charge in [0, 0.05) is 12.5 Å². The molecule has 0 bridgehead atoms. The van der Waals surface area contributed by atoms with Gasteiger partial charge < -0.3 is 10.1 Å². The zero-order chi connectivity index (χ0) is 15.9. The van der Waals surface area contributed by atoms with E-state index in [1.54, 1.807) is 11.1 Å². The lowest BCUT2D eigenvalue weighted by Crippen LogP contribution is -2.41. The van der Waals surface area contributed by atoms with Crippen molar-refractivity contribution >= 4 is 5.97 Å². The highest BCUT2D eigenvalue weighted by molar-refractivity contribution is 5.76. The van der Waals surface area contributed by atoms with Crippen LogP contribution in [-0.4, -0.2) is 25.2 Å². The predicted molar refractivity (Wildman–Crippen MR) is 88.5 cm³/mol. The van der Waals surface area contributed by atoms with Crippen molar-refractivity contribution in [1.82, 2.24) is 5.32 Å². The lowest BCUT2D eigenvalue weighted by atomic mass is 9.59. The molecule has 0 aromatic rings. The van der Waals surface area contributed by atoms with Gasteiger partial charge in [0.2, 0.25) is 0 Å². The predicted octanol–water partition coefficient (Wildman–Crippen LogP) is 3.69. The van der Waals surface area contributed by atoms with E-state index in [1.807, 2.05) is 0 Å². The largest absolute Gasteiger partial charge is 0.462 e. The summed E-state index contributed by atoms with van der Waals surface area (Å²) < 4.78 is 5.78. The van der Waals surface area contributed by atoms with Crippen LogP contribution in [0.5, 0.6) is 0 Å². The van der Waals surface area contributed by atoms with Crippen LogP contribution in [0.25, 0.3) is 0 Å². The molecule has 124 valence electrons. The fraction of sp³-hybridized carbons (Fsp3) is 0.842. The molecule has 1 saturated carbocycles. The maximum atomic E-state index is 12.3. The third-order valence-electron chi connectivity index (χ3n) is 6.10. The standard InChI is InChI=1S/C19H31NO2/c1-12(2)10-20-11-15-14-8-16-13(3)6-5-7-19(16,4)9-17(14)22-18(15)21/h12,14-15,17,20H,5-11H2,1-4H3. The molecule has 3 rings (SSSR count). The lowest BCUT2D eigenvalue weighted by molar-refractivity contribution is -0.145.